The van der Waals surface area contributed by atoms with Crippen molar-refractivity contribution >= 4 is 29.9 Å². The van der Waals surface area contributed by atoms with Gasteiger partial charge in [0, 0.05) is 10.2 Å². The second kappa shape index (κ2) is 6.63. The Kier molecular flexibility index (Phi) is 5.42. The molecule has 0 aliphatic carbocycles. The number of halogens is 1. The van der Waals surface area contributed by atoms with Gasteiger partial charge in [-0.15, -0.1) is 0 Å². The molecule has 124 valence electrons. The highest BCUT2D eigenvalue weighted by molar-refractivity contribution is 9.10. The second-order valence-corrected chi connectivity index (χ2v) is 13.4. The van der Waals surface area contributed by atoms with Crippen LogP contribution >= 0.6 is 15.9 Å². The third-order valence-corrected chi connectivity index (χ3v) is 9.64. The molecule has 1 saturated heterocycles. The Bertz CT molecular complexity index is 508. The van der Waals surface area contributed by atoms with Crippen molar-refractivity contribution in [1.82, 2.24) is 0 Å². The number of nitrogens with one attached hydrogen (secondary N) is 1. The summed E-state index contributed by atoms with van der Waals surface area (Å²) in [5.74, 6) is 0. The van der Waals surface area contributed by atoms with E-state index in [0.29, 0.717) is 13.2 Å². The third kappa shape index (κ3) is 4.34. The fourth-order valence-corrected chi connectivity index (χ4v) is 4.32. The zero-order valence-electron chi connectivity index (χ0n) is 14.5. The molecule has 0 aromatic heterocycles. The fraction of sp³-hybridized carbons (Fsp3) is 0.647. The number of hydrogen-bond donors (Lipinski definition) is 1. The number of aryl methyl sites for hydroxylation is 1. The molecule has 1 aromatic rings. The van der Waals surface area contributed by atoms with Gasteiger partial charge in [-0.05, 0) is 48.8 Å². The van der Waals surface area contributed by atoms with Crippen LogP contribution in [0, 0.1) is 6.92 Å². The first-order chi connectivity index (χ1) is 10.1. The van der Waals surface area contributed by atoms with Gasteiger partial charge in [-0.1, -0.05) is 36.7 Å². The molecule has 2 atom stereocenters. The van der Waals surface area contributed by atoms with E-state index in [1.165, 1.54) is 5.56 Å². The van der Waals surface area contributed by atoms with Crippen molar-refractivity contribution in [1.29, 1.82) is 0 Å². The lowest BCUT2D eigenvalue weighted by Crippen LogP contribution is -2.48. The lowest BCUT2D eigenvalue weighted by Gasteiger charge is -2.39. The zero-order chi connectivity index (χ0) is 16.5. The van der Waals surface area contributed by atoms with Crippen molar-refractivity contribution in [2.24, 2.45) is 0 Å². The van der Waals surface area contributed by atoms with Gasteiger partial charge in [0.25, 0.3) is 0 Å². The summed E-state index contributed by atoms with van der Waals surface area (Å²) in [5, 5.41) is 3.80. The van der Waals surface area contributed by atoms with E-state index in [0.717, 1.165) is 10.2 Å². The molecule has 5 heteroatoms. The Hall–Kier alpha value is -0.363. The highest BCUT2D eigenvalue weighted by Crippen LogP contribution is 2.38. The van der Waals surface area contributed by atoms with Crippen molar-refractivity contribution in [3.63, 3.8) is 0 Å². The van der Waals surface area contributed by atoms with Crippen LogP contribution in [0.4, 0.5) is 5.69 Å². The zero-order valence-corrected chi connectivity index (χ0v) is 17.1. The van der Waals surface area contributed by atoms with Crippen molar-refractivity contribution < 1.29 is 9.16 Å². The molecule has 1 heterocycles. The summed E-state index contributed by atoms with van der Waals surface area (Å²) in [7, 11) is -1.78. The average Bonchev–Trinajstić information content (AvgIpc) is 2.73. The molecule has 0 spiro atoms. The SMILES string of the molecule is Cc1cc(Br)cc(NC2COCC2O[Si](C)(C)C(C)(C)C)c1. The van der Waals surface area contributed by atoms with Crippen LogP contribution in [0.1, 0.15) is 26.3 Å². The summed E-state index contributed by atoms with van der Waals surface area (Å²) >= 11 is 3.56. The normalized spacial score (nSPS) is 22.9. The van der Waals surface area contributed by atoms with Crippen molar-refractivity contribution in [3.8, 4) is 0 Å². The minimum atomic E-state index is -1.78. The summed E-state index contributed by atoms with van der Waals surface area (Å²) in [4.78, 5) is 0. The first kappa shape index (κ1) is 18.0. The van der Waals surface area contributed by atoms with Gasteiger partial charge in [-0.3, -0.25) is 0 Å². The Morgan fingerprint density at radius 2 is 1.91 bits per heavy atom. The summed E-state index contributed by atoms with van der Waals surface area (Å²) in [5.41, 5.74) is 2.35. The minimum Gasteiger partial charge on any atom is -0.409 e. The van der Waals surface area contributed by atoms with E-state index in [4.69, 9.17) is 9.16 Å². The largest absolute Gasteiger partial charge is 0.409 e. The standard InChI is InChI=1S/C17H28BrNO2Si/c1-12-7-13(18)9-14(8-12)19-15-10-20-11-16(15)21-22(5,6)17(2,3)4/h7-9,15-16,19H,10-11H2,1-6H3. The van der Waals surface area contributed by atoms with Crippen LogP contribution in [-0.4, -0.2) is 33.7 Å². The number of benzene rings is 1. The lowest BCUT2D eigenvalue weighted by molar-refractivity contribution is 0.131. The molecule has 2 rings (SSSR count). The first-order valence-electron chi connectivity index (χ1n) is 7.88. The summed E-state index contributed by atoms with van der Waals surface area (Å²) in [6.07, 6.45) is 0.125. The number of anilines is 1. The molecule has 1 aromatic carbocycles. The van der Waals surface area contributed by atoms with E-state index >= 15 is 0 Å². The monoisotopic (exact) mass is 385 g/mol. The van der Waals surface area contributed by atoms with Crippen LogP contribution in [0.5, 0.6) is 0 Å². The quantitative estimate of drug-likeness (QED) is 0.742. The molecule has 1 aliphatic rings. The number of rotatable bonds is 4. The van der Waals surface area contributed by atoms with Gasteiger partial charge in [0.05, 0.1) is 25.4 Å². The van der Waals surface area contributed by atoms with Crippen LogP contribution in [0.2, 0.25) is 18.1 Å². The van der Waals surface area contributed by atoms with Gasteiger partial charge in [0.2, 0.25) is 0 Å². The minimum absolute atomic E-state index is 0.125. The van der Waals surface area contributed by atoms with Gasteiger partial charge in [-0.2, -0.15) is 0 Å². The highest BCUT2D eigenvalue weighted by atomic mass is 79.9. The smallest absolute Gasteiger partial charge is 0.192 e. The average molecular weight is 386 g/mol. The van der Waals surface area contributed by atoms with Crippen LogP contribution in [-0.2, 0) is 9.16 Å². The molecular formula is C17H28BrNO2Si. The lowest BCUT2D eigenvalue weighted by atomic mass is 10.1. The maximum absolute atomic E-state index is 6.55. The second-order valence-electron chi connectivity index (χ2n) is 7.72. The number of hydrogen-bond acceptors (Lipinski definition) is 3. The Morgan fingerprint density at radius 1 is 1.23 bits per heavy atom. The van der Waals surface area contributed by atoms with E-state index in [1.54, 1.807) is 0 Å². The molecule has 1 N–H and O–H groups in total. The Morgan fingerprint density at radius 3 is 2.50 bits per heavy atom. The predicted molar refractivity (Wildman–Crippen MR) is 99.2 cm³/mol. The molecule has 22 heavy (non-hydrogen) atoms. The van der Waals surface area contributed by atoms with E-state index < -0.39 is 8.32 Å². The molecule has 0 amide bonds. The molecule has 2 unspecified atom stereocenters. The van der Waals surface area contributed by atoms with Gasteiger partial charge in [-0.25, -0.2) is 0 Å². The molecule has 1 aliphatic heterocycles. The Labute approximate surface area is 144 Å². The molecule has 3 nitrogen and oxygen atoms in total. The van der Waals surface area contributed by atoms with Gasteiger partial charge < -0.3 is 14.5 Å². The van der Waals surface area contributed by atoms with Crippen LogP contribution in [0.3, 0.4) is 0 Å². The van der Waals surface area contributed by atoms with E-state index in [-0.39, 0.29) is 17.2 Å². The third-order valence-electron chi connectivity index (χ3n) is 4.67. The molecule has 0 saturated carbocycles. The number of ether oxygens (including phenoxy) is 1. The van der Waals surface area contributed by atoms with E-state index in [9.17, 15) is 0 Å². The Balaban J connectivity index is 2.08. The van der Waals surface area contributed by atoms with E-state index in [1.807, 2.05) is 0 Å². The summed E-state index contributed by atoms with van der Waals surface area (Å²) < 4.78 is 13.3. The van der Waals surface area contributed by atoms with E-state index in [2.05, 4.69) is 80.2 Å². The fourth-order valence-electron chi connectivity index (χ4n) is 2.37. The van der Waals surface area contributed by atoms with Crippen LogP contribution in [0.25, 0.3) is 0 Å². The maximum atomic E-state index is 6.55. The summed E-state index contributed by atoms with van der Waals surface area (Å²) in [6.45, 7) is 14.9. The van der Waals surface area contributed by atoms with Crippen molar-refractivity contribution in [2.75, 3.05) is 18.5 Å². The van der Waals surface area contributed by atoms with Gasteiger partial charge >= 0.3 is 0 Å². The van der Waals surface area contributed by atoms with Crippen LogP contribution < -0.4 is 5.32 Å². The first-order valence-corrected chi connectivity index (χ1v) is 11.6. The molecule has 0 radical (unpaired) electrons. The van der Waals surface area contributed by atoms with Crippen LogP contribution in [0.15, 0.2) is 22.7 Å². The van der Waals surface area contributed by atoms with Crippen molar-refractivity contribution in [2.45, 2.75) is 58.0 Å². The van der Waals surface area contributed by atoms with Gasteiger partial charge in [0.15, 0.2) is 8.32 Å². The van der Waals surface area contributed by atoms with Crippen molar-refractivity contribution in [3.05, 3.63) is 28.2 Å². The maximum Gasteiger partial charge on any atom is 0.192 e. The summed E-state index contributed by atoms with van der Waals surface area (Å²) in [6, 6.07) is 6.59. The molecule has 0 bridgehead atoms. The van der Waals surface area contributed by atoms with Gasteiger partial charge in [0.1, 0.15) is 0 Å². The highest BCUT2D eigenvalue weighted by Gasteiger charge is 2.42. The topological polar surface area (TPSA) is 30.5 Å². The predicted octanol–water partition coefficient (Wildman–Crippen LogP) is 4.96. The molecule has 1 fully saturated rings. The molecular weight excluding hydrogens is 358 g/mol.